The number of benzene rings is 1. The Bertz CT molecular complexity index is 722. The summed E-state index contributed by atoms with van der Waals surface area (Å²) in [4.78, 5) is 11.3. The Morgan fingerprint density at radius 1 is 1.21 bits per heavy atom. The number of rotatable bonds is 7. The van der Waals surface area contributed by atoms with E-state index in [9.17, 15) is 26.4 Å². The van der Waals surface area contributed by atoms with Crippen LogP contribution in [0.1, 0.15) is 24.5 Å². The van der Waals surface area contributed by atoms with Crippen molar-refractivity contribution in [3.05, 3.63) is 59.8 Å². The smallest absolute Gasteiger partial charge is 0.333 e. The van der Waals surface area contributed by atoms with Gasteiger partial charge in [-0.1, -0.05) is 36.4 Å². The minimum atomic E-state index is -4.60. The van der Waals surface area contributed by atoms with Gasteiger partial charge in [0.1, 0.15) is 0 Å². The van der Waals surface area contributed by atoms with E-state index < -0.39 is 33.1 Å². The van der Waals surface area contributed by atoms with Gasteiger partial charge in [0, 0.05) is 6.42 Å². The molecule has 8 heteroatoms. The molecule has 1 aromatic rings. The van der Waals surface area contributed by atoms with Crippen LogP contribution in [0.15, 0.2) is 48.7 Å². The molecule has 0 aliphatic rings. The predicted molar refractivity (Wildman–Crippen MR) is 85.6 cm³/mol. The maximum Gasteiger partial charge on any atom is 0.416 e. The van der Waals surface area contributed by atoms with Gasteiger partial charge in [-0.25, -0.2) is 8.42 Å². The average Bonchev–Trinajstić information content (AvgIpc) is 2.48. The molecule has 24 heavy (non-hydrogen) atoms. The Kier molecular flexibility index (Phi) is 7.21. The highest BCUT2D eigenvalue weighted by molar-refractivity contribution is 7.90. The van der Waals surface area contributed by atoms with Crippen LogP contribution in [0.5, 0.6) is 0 Å². The Morgan fingerprint density at radius 3 is 2.50 bits per heavy atom. The summed E-state index contributed by atoms with van der Waals surface area (Å²) in [5, 5.41) is 2.45. The normalized spacial score (nSPS) is 12.8. The van der Waals surface area contributed by atoms with Gasteiger partial charge in [-0.2, -0.15) is 13.2 Å². The molecule has 0 spiro atoms. The molecule has 1 amide bonds. The minimum absolute atomic E-state index is 0.0149. The number of halogens is 3. The van der Waals surface area contributed by atoms with Crippen LogP contribution in [0.3, 0.4) is 0 Å². The van der Waals surface area contributed by atoms with Gasteiger partial charge < -0.3 is 5.32 Å². The molecule has 0 aromatic heterocycles. The number of hydrogen-bond acceptors (Lipinski definition) is 3. The van der Waals surface area contributed by atoms with Crippen LogP contribution in [-0.2, 0) is 26.6 Å². The van der Waals surface area contributed by atoms with E-state index in [4.69, 9.17) is 0 Å². The van der Waals surface area contributed by atoms with Crippen molar-refractivity contribution in [1.29, 1.82) is 0 Å². The fourth-order valence-electron chi connectivity index (χ4n) is 1.86. The van der Waals surface area contributed by atoms with Gasteiger partial charge in [0.25, 0.3) is 0 Å². The Hall–Kier alpha value is -2.09. The zero-order chi connectivity index (χ0) is 18.2. The molecule has 1 N–H and O–H groups in total. The maximum absolute atomic E-state index is 12.9. The lowest BCUT2D eigenvalue weighted by atomic mass is 10.1. The molecule has 0 saturated heterocycles. The van der Waals surface area contributed by atoms with Crippen molar-refractivity contribution in [3.63, 3.8) is 0 Å². The number of hydrogen-bond donors (Lipinski definition) is 1. The highest BCUT2D eigenvalue weighted by Gasteiger charge is 2.33. The van der Waals surface area contributed by atoms with Gasteiger partial charge >= 0.3 is 6.18 Å². The van der Waals surface area contributed by atoms with Crippen LogP contribution in [0.4, 0.5) is 13.2 Å². The minimum Gasteiger partial charge on any atom is -0.333 e. The average molecular weight is 361 g/mol. The summed E-state index contributed by atoms with van der Waals surface area (Å²) in [5.74, 6) is -1.46. The summed E-state index contributed by atoms with van der Waals surface area (Å²) >= 11 is 0. The third kappa shape index (κ3) is 6.99. The van der Waals surface area contributed by atoms with Crippen molar-refractivity contribution in [3.8, 4) is 0 Å². The van der Waals surface area contributed by atoms with E-state index in [1.54, 1.807) is 13.0 Å². The van der Waals surface area contributed by atoms with E-state index in [1.807, 2.05) is 0 Å². The van der Waals surface area contributed by atoms with Gasteiger partial charge in [-0.3, -0.25) is 4.79 Å². The van der Waals surface area contributed by atoms with E-state index >= 15 is 0 Å². The third-order valence-electron chi connectivity index (χ3n) is 2.93. The van der Waals surface area contributed by atoms with Crippen molar-refractivity contribution in [1.82, 2.24) is 5.32 Å². The SMILES string of the molecule is CC=CNC(=O)CC=CCS(=O)(=O)Cc1ccccc1C(F)(F)F. The first-order valence-electron chi connectivity index (χ1n) is 7.07. The summed E-state index contributed by atoms with van der Waals surface area (Å²) in [7, 11) is -3.76. The molecule has 1 rings (SSSR count). The fourth-order valence-corrected chi connectivity index (χ4v) is 3.13. The second-order valence-corrected chi connectivity index (χ2v) is 7.06. The molecule has 1 aromatic carbocycles. The van der Waals surface area contributed by atoms with Crippen molar-refractivity contribution >= 4 is 15.7 Å². The summed E-state index contributed by atoms with van der Waals surface area (Å²) in [5.41, 5.74) is -1.24. The zero-order valence-electron chi connectivity index (χ0n) is 13.0. The van der Waals surface area contributed by atoms with Gasteiger partial charge in [0.05, 0.1) is 17.1 Å². The van der Waals surface area contributed by atoms with E-state index in [0.717, 1.165) is 12.1 Å². The molecule has 0 radical (unpaired) electrons. The highest BCUT2D eigenvalue weighted by Crippen LogP contribution is 2.32. The molecule has 132 valence electrons. The zero-order valence-corrected chi connectivity index (χ0v) is 13.8. The lowest BCUT2D eigenvalue weighted by Gasteiger charge is -2.12. The number of nitrogens with one attached hydrogen (secondary N) is 1. The Morgan fingerprint density at radius 2 is 1.88 bits per heavy atom. The second kappa shape index (κ2) is 8.68. The first-order valence-corrected chi connectivity index (χ1v) is 8.89. The van der Waals surface area contributed by atoms with Crippen molar-refractivity contribution in [2.24, 2.45) is 0 Å². The van der Waals surface area contributed by atoms with Crippen LogP contribution < -0.4 is 5.32 Å². The third-order valence-corrected chi connectivity index (χ3v) is 4.38. The van der Waals surface area contributed by atoms with E-state index in [-0.39, 0.29) is 17.9 Å². The number of carbonyl (C=O) groups excluding carboxylic acids is 1. The number of amides is 1. The quantitative estimate of drug-likeness (QED) is 0.759. The summed E-state index contributed by atoms with van der Waals surface area (Å²) < 4.78 is 62.5. The van der Waals surface area contributed by atoms with Crippen molar-refractivity contribution in [2.45, 2.75) is 25.3 Å². The second-order valence-electron chi connectivity index (χ2n) is 4.95. The molecule has 0 bridgehead atoms. The fraction of sp³-hybridized carbons (Fsp3) is 0.312. The topological polar surface area (TPSA) is 63.2 Å². The predicted octanol–water partition coefficient (Wildman–Crippen LogP) is 3.22. The Labute approximate surface area is 139 Å². The number of alkyl halides is 3. The first-order chi connectivity index (χ1) is 11.2. The molecule has 0 fully saturated rings. The summed E-state index contributed by atoms with van der Waals surface area (Å²) in [6, 6.07) is 4.57. The lowest BCUT2D eigenvalue weighted by molar-refractivity contribution is -0.138. The molecule has 0 unspecified atom stereocenters. The van der Waals surface area contributed by atoms with Crippen LogP contribution >= 0.6 is 0 Å². The molecule has 0 heterocycles. The molecule has 0 saturated carbocycles. The van der Waals surface area contributed by atoms with Crippen LogP contribution in [0.2, 0.25) is 0 Å². The van der Waals surface area contributed by atoms with Crippen LogP contribution in [0, 0.1) is 0 Å². The van der Waals surface area contributed by atoms with E-state index in [2.05, 4.69) is 5.32 Å². The number of allylic oxidation sites excluding steroid dienone is 1. The Balaban J connectivity index is 2.70. The molecule has 0 aliphatic carbocycles. The molecular weight excluding hydrogens is 343 g/mol. The first kappa shape index (κ1) is 20.0. The summed E-state index contributed by atoms with van der Waals surface area (Å²) in [6.45, 7) is 1.72. The van der Waals surface area contributed by atoms with Gasteiger partial charge in [0.2, 0.25) is 5.91 Å². The van der Waals surface area contributed by atoms with Gasteiger partial charge in [0.15, 0.2) is 9.84 Å². The van der Waals surface area contributed by atoms with Crippen molar-refractivity contribution < 1.29 is 26.4 Å². The molecule has 4 nitrogen and oxygen atoms in total. The van der Waals surface area contributed by atoms with Crippen molar-refractivity contribution in [2.75, 3.05) is 5.75 Å². The van der Waals surface area contributed by atoms with E-state index in [1.165, 1.54) is 30.5 Å². The number of sulfone groups is 1. The van der Waals surface area contributed by atoms with Crippen LogP contribution in [-0.4, -0.2) is 20.1 Å². The highest BCUT2D eigenvalue weighted by atomic mass is 32.2. The van der Waals surface area contributed by atoms with Gasteiger partial charge in [-0.05, 0) is 24.8 Å². The maximum atomic E-state index is 12.9. The number of carbonyl (C=O) groups is 1. The van der Waals surface area contributed by atoms with Gasteiger partial charge in [-0.15, -0.1) is 0 Å². The monoisotopic (exact) mass is 361 g/mol. The lowest BCUT2D eigenvalue weighted by Crippen LogP contribution is -2.16. The molecule has 0 aliphatic heterocycles. The molecular formula is C16H18F3NO3S. The summed E-state index contributed by atoms with van der Waals surface area (Å²) in [6.07, 6.45) is 1.09. The standard InChI is InChI=1S/C16H18F3NO3S/c1-2-10-20-15(21)9-5-6-11-24(22,23)12-13-7-3-4-8-14(13)16(17,18)19/h2-8,10H,9,11-12H2,1H3,(H,20,21). The van der Waals surface area contributed by atoms with Crippen LogP contribution in [0.25, 0.3) is 0 Å². The molecule has 0 atom stereocenters. The largest absolute Gasteiger partial charge is 0.416 e. The van der Waals surface area contributed by atoms with E-state index in [0.29, 0.717) is 0 Å².